The highest BCUT2D eigenvalue weighted by molar-refractivity contribution is 5.90. The van der Waals surface area contributed by atoms with Crippen LogP contribution in [0.1, 0.15) is 70.3 Å². The Hall–Kier alpha value is -2.94. The number of hydrogen-bond donors (Lipinski definition) is 1. The van der Waals surface area contributed by atoms with Gasteiger partial charge in [0.15, 0.2) is 0 Å². The van der Waals surface area contributed by atoms with Crippen LogP contribution in [0.2, 0.25) is 0 Å². The molecule has 3 nitrogen and oxygen atoms in total. The van der Waals surface area contributed by atoms with Crippen LogP contribution in [0, 0.1) is 0 Å². The Balaban J connectivity index is 1.51. The zero-order chi connectivity index (χ0) is 19.1. The fraction of sp³-hybridized carbons (Fsp3) is 0.280. The van der Waals surface area contributed by atoms with Gasteiger partial charge in [0.25, 0.3) is 0 Å². The van der Waals surface area contributed by atoms with Crippen molar-refractivity contribution in [2.24, 2.45) is 0 Å². The topological polar surface area (TPSA) is 50.2 Å². The summed E-state index contributed by atoms with van der Waals surface area (Å²) in [6.07, 6.45) is 7.28. The summed E-state index contributed by atoms with van der Waals surface area (Å²) in [5.41, 5.74) is 7.05. The highest BCUT2D eigenvalue weighted by Gasteiger charge is 2.28. The number of carboxylic acid groups (broad SMARTS) is 1. The Kier molecular flexibility index (Phi) is 4.23. The van der Waals surface area contributed by atoms with E-state index in [0.29, 0.717) is 23.8 Å². The van der Waals surface area contributed by atoms with Crippen LogP contribution in [0.3, 0.4) is 0 Å². The second-order valence-corrected chi connectivity index (χ2v) is 8.09. The molecule has 2 aliphatic rings. The SMILES string of the molecule is O=C(O)c1cc(C2CC2)ccc1Cc1cnc(C2CC2)c(-c2ccccc2)c1. The van der Waals surface area contributed by atoms with E-state index in [-0.39, 0.29) is 0 Å². The predicted molar refractivity (Wildman–Crippen MR) is 110 cm³/mol. The molecule has 0 spiro atoms. The van der Waals surface area contributed by atoms with Crippen LogP contribution in [-0.2, 0) is 6.42 Å². The molecule has 2 fully saturated rings. The number of aromatic carboxylic acids is 1. The quantitative estimate of drug-likeness (QED) is 0.598. The van der Waals surface area contributed by atoms with E-state index in [4.69, 9.17) is 4.98 Å². The van der Waals surface area contributed by atoms with Crippen molar-refractivity contribution < 1.29 is 9.90 Å². The first-order valence-electron chi connectivity index (χ1n) is 10.1. The van der Waals surface area contributed by atoms with Crippen LogP contribution in [0.5, 0.6) is 0 Å². The minimum atomic E-state index is -0.844. The van der Waals surface area contributed by atoms with Gasteiger partial charge in [0.05, 0.1) is 11.3 Å². The Morgan fingerprint density at radius 3 is 2.39 bits per heavy atom. The van der Waals surface area contributed by atoms with Crippen LogP contribution in [0.4, 0.5) is 0 Å². The Morgan fingerprint density at radius 2 is 1.71 bits per heavy atom. The molecule has 2 saturated carbocycles. The van der Waals surface area contributed by atoms with E-state index >= 15 is 0 Å². The van der Waals surface area contributed by atoms with Crippen molar-refractivity contribution in [1.82, 2.24) is 4.98 Å². The van der Waals surface area contributed by atoms with Gasteiger partial charge in [-0.1, -0.05) is 42.5 Å². The smallest absolute Gasteiger partial charge is 0.335 e. The summed E-state index contributed by atoms with van der Waals surface area (Å²) in [5, 5.41) is 9.71. The molecule has 0 radical (unpaired) electrons. The number of rotatable bonds is 6. The van der Waals surface area contributed by atoms with Crippen LogP contribution < -0.4 is 0 Å². The summed E-state index contributed by atoms with van der Waals surface area (Å²) in [4.78, 5) is 16.6. The number of carbonyl (C=O) groups is 1. The number of pyridine rings is 1. The van der Waals surface area contributed by atoms with Crippen LogP contribution in [0.25, 0.3) is 11.1 Å². The molecule has 0 bridgehead atoms. The number of aromatic nitrogens is 1. The molecule has 5 rings (SSSR count). The van der Waals surface area contributed by atoms with E-state index in [1.165, 1.54) is 42.5 Å². The Morgan fingerprint density at radius 1 is 0.964 bits per heavy atom. The molecule has 2 aromatic carbocycles. The van der Waals surface area contributed by atoms with Gasteiger partial charge >= 0.3 is 5.97 Å². The first kappa shape index (κ1) is 17.2. The highest BCUT2D eigenvalue weighted by atomic mass is 16.4. The molecule has 1 N–H and O–H groups in total. The average molecular weight is 369 g/mol. The molecule has 0 unspecified atom stereocenters. The summed E-state index contributed by atoms with van der Waals surface area (Å²) >= 11 is 0. The van der Waals surface area contributed by atoms with Crippen molar-refractivity contribution in [1.29, 1.82) is 0 Å². The second-order valence-electron chi connectivity index (χ2n) is 8.09. The standard InChI is InChI=1S/C25H23NO2/c27-25(28)23-14-20(17-6-7-17)10-11-21(23)12-16-13-22(18-4-2-1-3-5-18)24(26-15-16)19-8-9-19/h1-5,10-11,13-15,17,19H,6-9,12H2,(H,27,28). The fourth-order valence-electron chi connectivity index (χ4n) is 3.98. The van der Waals surface area contributed by atoms with Gasteiger partial charge in [-0.3, -0.25) is 4.98 Å². The average Bonchev–Trinajstić information content (AvgIpc) is 3.62. The lowest BCUT2D eigenvalue weighted by Crippen LogP contribution is -2.05. The molecule has 0 atom stereocenters. The number of hydrogen-bond acceptors (Lipinski definition) is 2. The van der Waals surface area contributed by atoms with E-state index in [2.05, 4.69) is 36.4 Å². The van der Waals surface area contributed by atoms with Crippen LogP contribution in [0.15, 0.2) is 60.8 Å². The second kappa shape index (κ2) is 6.90. The van der Waals surface area contributed by atoms with Crippen molar-refractivity contribution in [2.75, 3.05) is 0 Å². The minimum absolute atomic E-state index is 0.428. The molecular weight excluding hydrogens is 346 g/mol. The van der Waals surface area contributed by atoms with Crippen molar-refractivity contribution in [3.63, 3.8) is 0 Å². The normalized spacial score (nSPS) is 16.1. The van der Waals surface area contributed by atoms with E-state index in [1.54, 1.807) is 0 Å². The molecule has 1 aromatic heterocycles. The fourth-order valence-corrected chi connectivity index (χ4v) is 3.98. The maximum absolute atomic E-state index is 11.8. The molecule has 140 valence electrons. The van der Waals surface area contributed by atoms with E-state index in [9.17, 15) is 9.90 Å². The van der Waals surface area contributed by atoms with E-state index in [1.807, 2.05) is 24.4 Å². The van der Waals surface area contributed by atoms with Gasteiger partial charge in [-0.25, -0.2) is 4.79 Å². The molecule has 1 heterocycles. The summed E-state index contributed by atoms with van der Waals surface area (Å²) in [6.45, 7) is 0. The summed E-state index contributed by atoms with van der Waals surface area (Å²) in [5.74, 6) is 0.274. The number of benzene rings is 2. The maximum atomic E-state index is 11.8. The van der Waals surface area contributed by atoms with Crippen LogP contribution >= 0.6 is 0 Å². The molecule has 28 heavy (non-hydrogen) atoms. The lowest BCUT2D eigenvalue weighted by atomic mass is 9.94. The third-order valence-electron chi connectivity index (χ3n) is 5.83. The third-order valence-corrected chi connectivity index (χ3v) is 5.83. The Bertz CT molecular complexity index is 1030. The monoisotopic (exact) mass is 369 g/mol. The zero-order valence-corrected chi connectivity index (χ0v) is 15.8. The zero-order valence-electron chi connectivity index (χ0n) is 15.8. The lowest BCUT2D eigenvalue weighted by Gasteiger charge is -2.13. The molecule has 2 aliphatic carbocycles. The summed E-state index contributed by atoms with van der Waals surface area (Å²) < 4.78 is 0. The van der Waals surface area contributed by atoms with Crippen molar-refractivity contribution in [3.8, 4) is 11.1 Å². The molecule has 0 saturated heterocycles. The van der Waals surface area contributed by atoms with Crippen molar-refractivity contribution >= 4 is 5.97 Å². The largest absolute Gasteiger partial charge is 0.478 e. The van der Waals surface area contributed by atoms with Gasteiger partial charge in [0, 0.05) is 17.7 Å². The first-order valence-corrected chi connectivity index (χ1v) is 10.1. The van der Waals surface area contributed by atoms with Crippen molar-refractivity contribution in [3.05, 3.63) is 88.7 Å². The minimum Gasteiger partial charge on any atom is -0.478 e. The molecule has 3 aromatic rings. The summed E-state index contributed by atoms with van der Waals surface area (Å²) in [6, 6.07) is 18.6. The molecular formula is C25H23NO2. The third kappa shape index (κ3) is 3.45. The number of nitrogens with zero attached hydrogens (tertiary/aromatic N) is 1. The van der Waals surface area contributed by atoms with E-state index in [0.717, 1.165) is 16.7 Å². The molecule has 0 amide bonds. The van der Waals surface area contributed by atoms with Gasteiger partial charge < -0.3 is 5.11 Å². The lowest BCUT2D eigenvalue weighted by molar-refractivity contribution is 0.0695. The van der Waals surface area contributed by atoms with Crippen LogP contribution in [-0.4, -0.2) is 16.1 Å². The maximum Gasteiger partial charge on any atom is 0.335 e. The highest BCUT2D eigenvalue weighted by Crippen LogP contribution is 2.44. The van der Waals surface area contributed by atoms with Gasteiger partial charge in [-0.2, -0.15) is 0 Å². The van der Waals surface area contributed by atoms with Gasteiger partial charge in [0.2, 0.25) is 0 Å². The first-order chi connectivity index (χ1) is 13.7. The van der Waals surface area contributed by atoms with E-state index < -0.39 is 5.97 Å². The van der Waals surface area contributed by atoms with Gasteiger partial charge in [0.1, 0.15) is 0 Å². The predicted octanol–water partition coefficient (Wildman–Crippen LogP) is 5.79. The van der Waals surface area contributed by atoms with Gasteiger partial charge in [-0.05, 0) is 72.4 Å². The summed E-state index contributed by atoms with van der Waals surface area (Å²) in [7, 11) is 0. The Labute approximate surface area is 165 Å². The van der Waals surface area contributed by atoms with Gasteiger partial charge in [-0.15, -0.1) is 0 Å². The van der Waals surface area contributed by atoms with Crippen molar-refractivity contribution in [2.45, 2.75) is 43.9 Å². The molecule has 0 aliphatic heterocycles. The molecule has 3 heteroatoms. The number of carboxylic acids is 1.